The lowest BCUT2D eigenvalue weighted by Gasteiger charge is -2.12. The van der Waals surface area contributed by atoms with E-state index >= 15 is 0 Å². The molecule has 1 N–H and O–H groups in total. The Morgan fingerprint density at radius 2 is 2.08 bits per heavy atom. The molecule has 0 aliphatic carbocycles. The van der Waals surface area contributed by atoms with Gasteiger partial charge in [-0.15, -0.1) is 0 Å². The van der Waals surface area contributed by atoms with Gasteiger partial charge in [0, 0.05) is 11.8 Å². The second-order valence-electron chi connectivity index (χ2n) is 5.27. The lowest BCUT2D eigenvalue weighted by atomic mass is 10.2. The molecular formula is C19H14ClFN2O3. The Kier molecular flexibility index (Phi) is 6.48. The van der Waals surface area contributed by atoms with Crippen LogP contribution in [0.4, 0.5) is 10.1 Å². The summed E-state index contributed by atoms with van der Waals surface area (Å²) < 4.78 is 18.1. The third kappa shape index (κ3) is 5.43. The highest BCUT2D eigenvalue weighted by atomic mass is 35.5. The first kappa shape index (κ1) is 19.2. The van der Waals surface area contributed by atoms with Crippen LogP contribution in [0.3, 0.4) is 0 Å². The Balaban J connectivity index is 1.93. The smallest absolute Gasteiger partial charge is 0.331 e. The zero-order valence-electron chi connectivity index (χ0n) is 13.7. The van der Waals surface area contributed by atoms with Gasteiger partial charge in [-0.3, -0.25) is 4.79 Å². The Labute approximate surface area is 154 Å². The van der Waals surface area contributed by atoms with Crippen LogP contribution in [-0.2, 0) is 14.3 Å². The highest BCUT2D eigenvalue weighted by Gasteiger charge is 2.16. The first-order chi connectivity index (χ1) is 12.4. The predicted octanol–water partition coefficient (Wildman–Crippen LogP) is 3.93. The van der Waals surface area contributed by atoms with E-state index in [2.05, 4.69) is 5.32 Å². The van der Waals surface area contributed by atoms with Crippen molar-refractivity contribution in [1.82, 2.24) is 0 Å². The molecular weight excluding hydrogens is 359 g/mol. The number of halogens is 2. The second-order valence-corrected chi connectivity index (χ2v) is 5.68. The van der Waals surface area contributed by atoms with E-state index in [4.69, 9.17) is 21.6 Å². The molecule has 0 aliphatic rings. The van der Waals surface area contributed by atoms with E-state index in [1.807, 2.05) is 6.07 Å². The molecule has 1 atom stereocenters. The molecule has 0 aliphatic heterocycles. The van der Waals surface area contributed by atoms with Gasteiger partial charge in [-0.1, -0.05) is 23.7 Å². The number of nitriles is 1. The Morgan fingerprint density at radius 3 is 2.77 bits per heavy atom. The number of nitrogens with zero attached hydrogens (tertiary/aromatic N) is 1. The summed E-state index contributed by atoms with van der Waals surface area (Å²) in [4.78, 5) is 23.8. The maximum absolute atomic E-state index is 13.1. The molecule has 0 saturated heterocycles. The van der Waals surface area contributed by atoms with Gasteiger partial charge in [0.1, 0.15) is 5.82 Å². The van der Waals surface area contributed by atoms with Crippen LogP contribution in [0.5, 0.6) is 0 Å². The molecule has 0 heterocycles. The van der Waals surface area contributed by atoms with Crippen LogP contribution >= 0.6 is 11.6 Å². The quantitative estimate of drug-likeness (QED) is 0.637. The summed E-state index contributed by atoms with van der Waals surface area (Å²) in [5.74, 6) is -1.83. The van der Waals surface area contributed by atoms with Crippen molar-refractivity contribution in [2.75, 3.05) is 5.32 Å². The normalized spacial score (nSPS) is 11.6. The van der Waals surface area contributed by atoms with Crippen molar-refractivity contribution >= 4 is 35.2 Å². The lowest BCUT2D eigenvalue weighted by Crippen LogP contribution is -2.29. The molecule has 0 unspecified atom stereocenters. The number of amides is 1. The first-order valence-electron chi connectivity index (χ1n) is 7.54. The summed E-state index contributed by atoms with van der Waals surface area (Å²) in [6.07, 6.45) is 1.47. The fourth-order valence-corrected chi connectivity index (χ4v) is 2.15. The first-order valence-corrected chi connectivity index (χ1v) is 7.91. The highest BCUT2D eigenvalue weighted by Crippen LogP contribution is 2.17. The van der Waals surface area contributed by atoms with Crippen molar-refractivity contribution < 1.29 is 18.7 Å². The van der Waals surface area contributed by atoms with Crippen molar-refractivity contribution in [2.45, 2.75) is 13.0 Å². The van der Waals surface area contributed by atoms with Crippen molar-refractivity contribution in [3.8, 4) is 6.07 Å². The van der Waals surface area contributed by atoms with E-state index in [0.717, 1.165) is 6.08 Å². The van der Waals surface area contributed by atoms with Crippen LogP contribution in [0.15, 0.2) is 48.5 Å². The molecule has 5 nitrogen and oxygen atoms in total. The molecule has 0 fully saturated rings. The Bertz CT molecular complexity index is 906. The number of hydrogen-bond donors (Lipinski definition) is 1. The number of ether oxygens (including phenoxy) is 1. The highest BCUT2D eigenvalue weighted by molar-refractivity contribution is 6.30. The summed E-state index contributed by atoms with van der Waals surface area (Å²) in [7, 11) is 0. The van der Waals surface area contributed by atoms with E-state index in [1.165, 1.54) is 37.3 Å². The van der Waals surface area contributed by atoms with Crippen LogP contribution in [-0.4, -0.2) is 18.0 Å². The van der Waals surface area contributed by atoms with Crippen molar-refractivity contribution in [2.24, 2.45) is 0 Å². The van der Waals surface area contributed by atoms with Gasteiger partial charge in [0.2, 0.25) is 0 Å². The van der Waals surface area contributed by atoms with Gasteiger partial charge in [0.05, 0.1) is 16.7 Å². The summed E-state index contributed by atoms with van der Waals surface area (Å²) in [5.41, 5.74) is 1.33. The minimum Gasteiger partial charge on any atom is -0.449 e. The fourth-order valence-electron chi connectivity index (χ4n) is 1.96. The van der Waals surface area contributed by atoms with Crippen LogP contribution in [0, 0.1) is 17.1 Å². The molecule has 2 aromatic rings. The largest absolute Gasteiger partial charge is 0.449 e. The van der Waals surface area contributed by atoms with Gasteiger partial charge in [0.25, 0.3) is 5.91 Å². The minimum atomic E-state index is -1.05. The van der Waals surface area contributed by atoms with Crippen LogP contribution in [0.2, 0.25) is 5.02 Å². The molecule has 132 valence electrons. The summed E-state index contributed by atoms with van der Waals surface area (Å²) in [6, 6.07) is 12.3. The molecule has 26 heavy (non-hydrogen) atoms. The maximum Gasteiger partial charge on any atom is 0.331 e. The van der Waals surface area contributed by atoms with E-state index in [9.17, 15) is 14.0 Å². The standard InChI is InChI=1S/C19H14ClFN2O3/c1-12(19(25)23-15-4-2-3-14(9-15)11-22)26-18(24)8-6-13-5-7-17(21)16(20)10-13/h2-10,12H,1H3,(H,23,25)/b8-6+/t12-/m1/s1. The van der Waals surface area contributed by atoms with Crippen molar-refractivity contribution in [3.63, 3.8) is 0 Å². The number of esters is 1. The Hall–Kier alpha value is -3.17. The average molecular weight is 373 g/mol. The molecule has 0 spiro atoms. The molecule has 0 bridgehead atoms. The van der Waals surface area contributed by atoms with E-state index in [0.29, 0.717) is 16.8 Å². The molecule has 1 amide bonds. The zero-order chi connectivity index (χ0) is 19.1. The third-order valence-electron chi connectivity index (χ3n) is 3.28. The van der Waals surface area contributed by atoms with Gasteiger partial charge < -0.3 is 10.1 Å². The average Bonchev–Trinajstić information content (AvgIpc) is 2.62. The molecule has 7 heteroatoms. The van der Waals surface area contributed by atoms with E-state index in [1.54, 1.807) is 18.2 Å². The zero-order valence-corrected chi connectivity index (χ0v) is 14.5. The minimum absolute atomic E-state index is 0.0622. The van der Waals surface area contributed by atoms with E-state index in [-0.39, 0.29) is 5.02 Å². The predicted molar refractivity (Wildman–Crippen MR) is 95.8 cm³/mol. The number of carbonyl (C=O) groups excluding carboxylic acids is 2. The van der Waals surface area contributed by atoms with Crippen LogP contribution in [0.25, 0.3) is 6.08 Å². The van der Waals surface area contributed by atoms with Gasteiger partial charge in [-0.25, -0.2) is 9.18 Å². The number of anilines is 1. The summed E-state index contributed by atoms with van der Waals surface area (Å²) in [5, 5.41) is 11.3. The number of rotatable bonds is 5. The maximum atomic E-state index is 13.1. The van der Waals surface area contributed by atoms with Gasteiger partial charge in [-0.2, -0.15) is 5.26 Å². The van der Waals surface area contributed by atoms with Crippen molar-refractivity contribution in [3.05, 3.63) is 70.5 Å². The van der Waals surface area contributed by atoms with Gasteiger partial charge in [0.15, 0.2) is 6.10 Å². The topological polar surface area (TPSA) is 79.2 Å². The number of carbonyl (C=O) groups is 2. The van der Waals surface area contributed by atoms with E-state index < -0.39 is 23.8 Å². The third-order valence-corrected chi connectivity index (χ3v) is 3.57. The van der Waals surface area contributed by atoms with Crippen molar-refractivity contribution in [1.29, 1.82) is 5.26 Å². The van der Waals surface area contributed by atoms with Crippen LogP contribution < -0.4 is 5.32 Å². The molecule has 2 aromatic carbocycles. The second kappa shape index (κ2) is 8.79. The van der Waals surface area contributed by atoms with Crippen LogP contribution in [0.1, 0.15) is 18.1 Å². The number of nitrogens with one attached hydrogen (secondary N) is 1. The van der Waals surface area contributed by atoms with Gasteiger partial charge >= 0.3 is 5.97 Å². The molecule has 0 radical (unpaired) electrons. The molecule has 2 rings (SSSR count). The van der Waals surface area contributed by atoms with Gasteiger partial charge in [-0.05, 0) is 48.9 Å². The molecule has 0 saturated carbocycles. The fraction of sp³-hybridized carbons (Fsp3) is 0.105. The molecule has 0 aromatic heterocycles. The summed E-state index contributed by atoms with van der Waals surface area (Å²) in [6.45, 7) is 1.42. The number of hydrogen-bond acceptors (Lipinski definition) is 4. The summed E-state index contributed by atoms with van der Waals surface area (Å²) >= 11 is 5.66. The SMILES string of the molecule is C[C@@H](OC(=O)/C=C/c1ccc(F)c(Cl)c1)C(=O)Nc1cccc(C#N)c1. The Morgan fingerprint density at radius 1 is 1.31 bits per heavy atom. The lowest BCUT2D eigenvalue weighted by molar-refractivity contribution is -0.148. The monoisotopic (exact) mass is 372 g/mol. The number of benzene rings is 2.